The standard InChI is InChI=1S/C22H25F2N3O4/c1-13(2)14-7-5-6-8-15(14)22(11-18(28)27(3)12-22)20(29)25-16-9-10-17(30-4)26-19(16)31-21(23)24/h5-10,13,21H,11-12H2,1-4H3,(H,25,29). The Balaban J connectivity index is 2.05. The molecule has 0 radical (unpaired) electrons. The molecule has 7 nitrogen and oxygen atoms in total. The maximum absolute atomic E-state index is 13.6. The van der Waals surface area contributed by atoms with Gasteiger partial charge in [-0.3, -0.25) is 9.59 Å². The van der Waals surface area contributed by atoms with Crippen LogP contribution in [0, 0.1) is 0 Å². The Morgan fingerprint density at radius 2 is 1.94 bits per heavy atom. The lowest BCUT2D eigenvalue weighted by molar-refractivity contribution is -0.127. The summed E-state index contributed by atoms with van der Waals surface area (Å²) < 4.78 is 35.2. The summed E-state index contributed by atoms with van der Waals surface area (Å²) in [4.78, 5) is 31.5. The molecule has 1 N–H and O–H groups in total. The van der Waals surface area contributed by atoms with E-state index in [4.69, 9.17) is 4.74 Å². The third-order valence-corrected chi connectivity index (χ3v) is 5.41. The molecule has 31 heavy (non-hydrogen) atoms. The van der Waals surface area contributed by atoms with Crippen LogP contribution in [0.15, 0.2) is 36.4 Å². The van der Waals surface area contributed by atoms with Gasteiger partial charge in [-0.05, 0) is 23.1 Å². The zero-order valence-electron chi connectivity index (χ0n) is 17.8. The van der Waals surface area contributed by atoms with Crippen molar-refractivity contribution < 1.29 is 27.8 Å². The summed E-state index contributed by atoms with van der Waals surface area (Å²) in [6.07, 6.45) is -0.0340. The van der Waals surface area contributed by atoms with Crippen LogP contribution < -0.4 is 14.8 Å². The molecule has 2 aromatic rings. The average Bonchev–Trinajstić information content (AvgIpc) is 3.04. The van der Waals surface area contributed by atoms with E-state index in [9.17, 15) is 18.4 Å². The number of hydrogen-bond acceptors (Lipinski definition) is 5. The van der Waals surface area contributed by atoms with E-state index in [-0.39, 0.29) is 36.4 Å². The number of likely N-dealkylation sites (tertiary alicyclic amines) is 1. The van der Waals surface area contributed by atoms with Crippen molar-refractivity contribution in [1.82, 2.24) is 9.88 Å². The molecule has 1 fully saturated rings. The number of nitrogens with one attached hydrogen (secondary N) is 1. The topological polar surface area (TPSA) is 80.8 Å². The van der Waals surface area contributed by atoms with Crippen molar-refractivity contribution in [3.63, 3.8) is 0 Å². The minimum absolute atomic E-state index is 0.0329. The zero-order valence-corrected chi connectivity index (χ0v) is 17.8. The van der Waals surface area contributed by atoms with E-state index in [1.807, 2.05) is 38.1 Å². The van der Waals surface area contributed by atoms with Crippen molar-refractivity contribution in [2.24, 2.45) is 0 Å². The van der Waals surface area contributed by atoms with Crippen molar-refractivity contribution in [3.05, 3.63) is 47.5 Å². The maximum atomic E-state index is 13.6. The molecular formula is C22H25F2N3O4. The molecule has 3 rings (SSSR count). The highest BCUT2D eigenvalue weighted by Gasteiger charge is 2.50. The molecule has 0 aliphatic carbocycles. The second-order valence-corrected chi connectivity index (χ2v) is 7.79. The summed E-state index contributed by atoms with van der Waals surface area (Å²) in [6.45, 7) is 1.04. The van der Waals surface area contributed by atoms with E-state index in [0.717, 1.165) is 11.1 Å². The van der Waals surface area contributed by atoms with Gasteiger partial charge in [0.05, 0.1) is 7.11 Å². The third kappa shape index (κ3) is 4.45. The van der Waals surface area contributed by atoms with Gasteiger partial charge in [0.15, 0.2) is 0 Å². The van der Waals surface area contributed by atoms with Crippen LogP contribution in [-0.4, -0.2) is 49.0 Å². The number of halogens is 2. The van der Waals surface area contributed by atoms with Crippen molar-refractivity contribution in [2.45, 2.75) is 38.2 Å². The smallest absolute Gasteiger partial charge is 0.388 e. The summed E-state index contributed by atoms with van der Waals surface area (Å²) in [7, 11) is 2.97. The highest BCUT2D eigenvalue weighted by atomic mass is 19.3. The molecule has 166 valence electrons. The van der Waals surface area contributed by atoms with Crippen LogP contribution >= 0.6 is 0 Å². The molecule has 1 aromatic carbocycles. The number of rotatable bonds is 7. The van der Waals surface area contributed by atoms with E-state index in [1.165, 1.54) is 24.1 Å². The van der Waals surface area contributed by atoms with E-state index in [2.05, 4.69) is 15.0 Å². The van der Waals surface area contributed by atoms with Gasteiger partial charge in [0.1, 0.15) is 11.1 Å². The lowest BCUT2D eigenvalue weighted by Crippen LogP contribution is -2.43. The Morgan fingerprint density at radius 1 is 1.23 bits per heavy atom. The Bertz CT molecular complexity index is 983. The molecule has 2 amide bonds. The number of methoxy groups -OCH3 is 1. The van der Waals surface area contributed by atoms with Gasteiger partial charge in [0.25, 0.3) is 0 Å². The number of benzene rings is 1. The van der Waals surface area contributed by atoms with Gasteiger partial charge < -0.3 is 19.7 Å². The number of aromatic nitrogens is 1. The Labute approximate surface area is 179 Å². The Kier molecular flexibility index (Phi) is 6.42. The largest absolute Gasteiger partial charge is 0.481 e. The van der Waals surface area contributed by atoms with E-state index in [1.54, 1.807) is 7.05 Å². The van der Waals surface area contributed by atoms with Crippen molar-refractivity contribution >= 4 is 17.5 Å². The van der Waals surface area contributed by atoms with Crippen molar-refractivity contribution in [3.8, 4) is 11.8 Å². The van der Waals surface area contributed by atoms with Gasteiger partial charge >= 0.3 is 6.61 Å². The quantitative estimate of drug-likeness (QED) is 0.722. The fraction of sp³-hybridized carbons (Fsp3) is 0.409. The lowest BCUT2D eigenvalue weighted by atomic mass is 9.74. The van der Waals surface area contributed by atoms with E-state index in [0.29, 0.717) is 0 Å². The molecule has 1 atom stereocenters. The van der Waals surface area contributed by atoms with Crippen LogP contribution in [0.4, 0.5) is 14.5 Å². The number of alkyl halides is 2. The highest BCUT2D eigenvalue weighted by Crippen LogP contribution is 2.40. The first-order chi connectivity index (χ1) is 14.7. The molecule has 0 bridgehead atoms. The first kappa shape index (κ1) is 22.5. The first-order valence-corrected chi connectivity index (χ1v) is 9.82. The number of anilines is 1. The summed E-state index contributed by atoms with van der Waals surface area (Å²) in [5.41, 5.74) is 0.458. The first-order valence-electron chi connectivity index (χ1n) is 9.82. The average molecular weight is 433 g/mol. The number of likely N-dealkylation sites (N-methyl/N-ethyl adjacent to an activating group) is 1. The fourth-order valence-electron chi connectivity index (χ4n) is 3.88. The van der Waals surface area contributed by atoms with Gasteiger partial charge in [-0.1, -0.05) is 38.1 Å². The predicted molar refractivity (Wildman–Crippen MR) is 111 cm³/mol. The second kappa shape index (κ2) is 8.87. The fourth-order valence-corrected chi connectivity index (χ4v) is 3.88. The predicted octanol–water partition coefficient (Wildman–Crippen LogP) is 3.55. The molecule has 1 aliphatic rings. The minimum Gasteiger partial charge on any atom is -0.481 e. The van der Waals surface area contributed by atoms with Gasteiger partial charge in [-0.15, -0.1) is 0 Å². The highest BCUT2D eigenvalue weighted by molar-refractivity contribution is 6.05. The molecular weight excluding hydrogens is 408 g/mol. The molecule has 0 spiro atoms. The van der Waals surface area contributed by atoms with Gasteiger partial charge in [0, 0.05) is 26.1 Å². The lowest BCUT2D eigenvalue weighted by Gasteiger charge is -2.31. The molecule has 0 saturated carbocycles. The summed E-state index contributed by atoms with van der Waals surface area (Å²) in [5.74, 6) is -0.964. The van der Waals surface area contributed by atoms with Crippen LogP contribution in [0.5, 0.6) is 11.8 Å². The number of hydrogen-bond donors (Lipinski definition) is 1. The number of pyridine rings is 1. The molecule has 2 heterocycles. The maximum Gasteiger partial charge on any atom is 0.388 e. The van der Waals surface area contributed by atoms with Crippen LogP contribution in [0.25, 0.3) is 0 Å². The SMILES string of the molecule is COc1ccc(NC(=O)C2(c3ccccc3C(C)C)CC(=O)N(C)C2)c(OC(F)F)n1. The molecule has 1 aliphatic heterocycles. The number of ether oxygens (including phenoxy) is 2. The Hall–Kier alpha value is -3.23. The second-order valence-electron chi connectivity index (χ2n) is 7.79. The van der Waals surface area contributed by atoms with Crippen molar-refractivity contribution in [1.29, 1.82) is 0 Å². The molecule has 9 heteroatoms. The number of nitrogens with zero attached hydrogens (tertiary/aromatic N) is 2. The number of amides is 2. The molecule has 1 saturated heterocycles. The van der Waals surface area contributed by atoms with Crippen LogP contribution in [0.3, 0.4) is 0 Å². The number of carbonyl (C=O) groups is 2. The van der Waals surface area contributed by atoms with E-state index >= 15 is 0 Å². The van der Waals surface area contributed by atoms with Gasteiger partial charge in [-0.2, -0.15) is 13.8 Å². The molecule has 1 unspecified atom stereocenters. The third-order valence-electron chi connectivity index (χ3n) is 5.41. The summed E-state index contributed by atoms with van der Waals surface area (Å²) in [5, 5.41) is 2.66. The zero-order chi connectivity index (χ0) is 22.8. The monoisotopic (exact) mass is 433 g/mol. The van der Waals surface area contributed by atoms with E-state index < -0.39 is 23.8 Å². The van der Waals surface area contributed by atoms with Crippen LogP contribution in [-0.2, 0) is 15.0 Å². The summed E-state index contributed by atoms with van der Waals surface area (Å²) >= 11 is 0. The summed E-state index contributed by atoms with van der Waals surface area (Å²) in [6, 6.07) is 10.3. The number of carbonyl (C=O) groups excluding carboxylic acids is 2. The Morgan fingerprint density at radius 3 is 2.52 bits per heavy atom. The molecule has 1 aromatic heterocycles. The normalized spacial score (nSPS) is 18.6. The minimum atomic E-state index is -3.13. The van der Waals surface area contributed by atoms with Gasteiger partial charge in [-0.25, -0.2) is 0 Å². The van der Waals surface area contributed by atoms with Crippen molar-refractivity contribution in [2.75, 3.05) is 26.0 Å². The van der Waals surface area contributed by atoms with Gasteiger partial charge in [0.2, 0.25) is 23.6 Å². The van der Waals surface area contributed by atoms with Crippen LogP contribution in [0.1, 0.15) is 37.3 Å². The van der Waals surface area contributed by atoms with Crippen LogP contribution in [0.2, 0.25) is 0 Å².